The minimum absolute atomic E-state index is 0.649. The van der Waals surface area contributed by atoms with E-state index in [-0.39, 0.29) is 0 Å². The van der Waals surface area contributed by atoms with Gasteiger partial charge in [0, 0.05) is 24.4 Å². The molecular formula is C10H17NOS. The zero-order valence-electron chi connectivity index (χ0n) is 7.91. The molecule has 2 bridgehead atoms. The van der Waals surface area contributed by atoms with Crippen molar-refractivity contribution in [3.05, 3.63) is 12.2 Å². The summed E-state index contributed by atoms with van der Waals surface area (Å²) in [7, 11) is 0. The molecule has 2 atom stereocenters. The summed E-state index contributed by atoms with van der Waals surface area (Å²) in [5.74, 6) is 0.802. The summed E-state index contributed by atoms with van der Waals surface area (Å²) in [5.41, 5.74) is 1.22. The third kappa shape index (κ3) is 1.92. The molecule has 0 N–H and O–H groups in total. The minimum Gasteiger partial charge on any atom is -0.378 e. The van der Waals surface area contributed by atoms with Crippen molar-refractivity contribution in [2.24, 2.45) is 0 Å². The van der Waals surface area contributed by atoms with Crippen LogP contribution in [0.5, 0.6) is 0 Å². The molecule has 2 heterocycles. The molecule has 0 aliphatic carbocycles. The van der Waals surface area contributed by atoms with Gasteiger partial charge in [0.2, 0.25) is 0 Å². The molecule has 2 saturated heterocycles. The number of hydrogen-bond acceptors (Lipinski definition) is 3. The Morgan fingerprint density at radius 2 is 2.00 bits per heavy atom. The monoisotopic (exact) mass is 199 g/mol. The van der Waals surface area contributed by atoms with Gasteiger partial charge in [0.15, 0.2) is 0 Å². The summed E-state index contributed by atoms with van der Waals surface area (Å²) in [6, 6.07) is 1.30. The summed E-state index contributed by atoms with van der Waals surface area (Å²) in [6.07, 6.45) is 2.59. The lowest BCUT2D eigenvalue weighted by atomic mass is 10.2. The largest absolute Gasteiger partial charge is 0.378 e. The maximum atomic E-state index is 5.51. The molecule has 0 amide bonds. The van der Waals surface area contributed by atoms with Gasteiger partial charge in [0.1, 0.15) is 0 Å². The molecular weight excluding hydrogens is 182 g/mol. The SMILES string of the molecule is C=C(CS)CN1C2CCC1COC2. The fraction of sp³-hybridized carbons (Fsp3) is 0.800. The van der Waals surface area contributed by atoms with E-state index in [0.29, 0.717) is 12.1 Å². The second kappa shape index (κ2) is 4.03. The number of hydrogen-bond donors (Lipinski definition) is 1. The normalized spacial score (nSPS) is 33.6. The van der Waals surface area contributed by atoms with Crippen molar-refractivity contribution in [3.8, 4) is 0 Å². The molecule has 2 fully saturated rings. The molecule has 3 heteroatoms. The van der Waals surface area contributed by atoms with E-state index >= 15 is 0 Å². The lowest BCUT2D eigenvalue weighted by molar-refractivity contribution is -0.00953. The van der Waals surface area contributed by atoms with Crippen molar-refractivity contribution < 1.29 is 4.74 Å². The molecule has 2 rings (SSSR count). The molecule has 0 aromatic heterocycles. The zero-order chi connectivity index (χ0) is 9.26. The van der Waals surface area contributed by atoms with Crippen molar-refractivity contribution in [3.63, 3.8) is 0 Å². The van der Waals surface area contributed by atoms with Gasteiger partial charge in [-0.05, 0) is 12.8 Å². The van der Waals surface area contributed by atoms with Crippen LogP contribution in [0.25, 0.3) is 0 Å². The number of fused-ring (bicyclic) bond motifs is 2. The molecule has 0 saturated carbocycles. The smallest absolute Gasteiger partial charge is 0.0622 e. The molecule has 2 aliphatic heterocycles. The van der Waals surface area contributed by atoms with Gasteiger partial charge in [-0.25, -0.2) is 0 Å². The zero-order valence-corrected chi connectivity index (χ0v) is 8.80. The lowest BCUT2D eigenvalue weighted by Gasteiger charge is -2.34. The first-order valence-corrected chi connectivity index (χ1v) is 5.55. The van der Waals surface area contributed by atoms with Crippen LogP contribution in [0.3, 0.4) is 0 Å². The number of ether oxygens (including phenoxy) is 1. The van der Waals surface area contributed by atoms with Crippen molar-refractivity contribution >= 4 is 12.6 Å². The quantitative estimate of drug-likeness (QED) is 0.544. The molecule has 0 spiro atoms. The fourth-order valence-corrected chi connectivity index (χ4v) is 2.38. The van der Waals surface area contributed by atoms with E-state index in [1.807, 2.05) is 0 Å². The van der Waals surface area contributed by atoms with Gasteiger partial charge in [-0.3, -0.25) is 4.90 Å². The van der Waals surface area contributed by atoms with Crippen molar-refractivity contribution in [2.75, 3.05) is 25.5 Å². The second-order valence-corrected chi connectivity index (χ2v) is 4.32. The van der Waals surface area contributed by atoms with Gasteiger partial charge in [0.05, 0.1) is 13.2 Å². The van der Waals surface area contributed by atoms with E-state index in [9.17, 15) is 0 Å². The predicted molar refractivity (Wildman–Crippen MR) is 57.3 cm³/mol. The lowest BCUT2D eigenvalue weighted by Crippen LogP contribution is -2.46. The van der Waals surface area contributed by atoms with E-state index < -0.39 is 0 Å². The Morgan fingerprint density at radius 3 is 2.54 bits per heavy atom. The summed E-state index contributed by atoms with van der Waals surface area (Å²) in [4.78, 5) is 2.54. The van der Waals surface area contributed by atoms with Gasteiger partial charge >= 0.3 is 0 Å². The Balaban J connectivity index is 1.95. The van der Waals surface area contributed by atoms with Crippen LogP contribution in [0.15, 0.2) is 12.2 Å². The van der Waals surface area contributed by atoms with Crippen LogP contribution in [0.2, 0.25) is 0 Å². The Labute approximate surface area is 85.4 Å². The Morgan fingerprint density at radius 1 is 1.38 bits per heavy atom. The molecule has 2 unspecified atom stereocenters. The second-order valence-electron chi connectivity index (χ2n) is 4.00. The van der Waals surface area contributed by atoms with Crippen LogP contribution in [-0.4, -0.2) is 42.5 Å². The van der Waals surface area contributed by atoms with E-state index in [2.05, 4.69) is 24.1 Å². The molecule has 0 radical (unpaired) electrons. The van der Waals surface area contributed by atoms with Crippen LogP contribution < -0.4 is 0 Å². The topological polar surface area (TPSA) is 12.5 Å². The molecule has 74 valence electrons. The van der Waals surface area contributed by atoms with Crippen LogP contribution in [0.1, 0.15) is 12.8 Å². The third-order valence-corrected chi connectivity index (χ3v) is 3.47. The highest BCUT2D eigenvalue weighted by atomic mass is 32.1. The van der Waals surface area contributed by atoms with Gasteiger partial charge in [-0.1, -0.05) is 12.2 Å². The summed E-state index contributed by atoms with van der Waals surface area (Å²) in [5, 5.41) is 0. The van der Waals surface area contributed by atoms with Crippen molar-refractivity contribution in [1.29, 1.82) is 0 Å². The molecule has 2 aliphatic rings. The van der Waals surface area contributed by atoms with Crippen LogP contribution >= 0.6 is 12.6 Å². The van der Waals surface area contributed by atoms with E-state index in [1.165, 1.54) is 18.4 Å². The minimum atomic E-state index is 0.649. The molecule has 2 nitrogen and oxygen atoms in total. The average Bonchev–Trinajstić information content (AvgIpc) is 2.41. The van der Waals surface area contributed by atoms with Gasteiger partial charge in [0.25, 0.3) is 0 Å². The first-order chi connectivity index (χ1) is 6.31. The first kappa shape index (κ1) is 9.56. The Bertz CT molecular complexity index is 191. The average molecular weight is 199 g/mol. The molecule has 13 heavy (non-hydrogen) atoms. The fourth-order valence-electron chi connectivity index (χ4n) is 2.28. The van der Waals surface area contributed by atoms with Crippen LogP contribution in [0.4, 0.5) is 0 Å². The molecule has 0 aromatic rings. The van der Waals surface area contributed by atoms with Crippen LogP contribution in [-0.2, 0) is 4.74 Å². The number of thiol groups is 1. The first-order valence-electron chi connectivity index (χ1n) is 4.92. The van der Waals surface area contributed by atoms with Crippen molar-refractivity contribution in [2.45, 2.75) is 24.9 Å². The maximum Gasteiger partial charge on any atom is 0.0622 e. The predicted octanol–water partition coefficient (Wildman–Crippen LogP) is 1.34. The number of nitrogens with zero attached hydrogens (tertiary/aromatic N) is 1. The maximum absolute atomic E-state index is 5.51. The van der Waals surface area contributed by atoms with Crippen LogP contribution in [0, 0.1) is 0 Å². The summed E-state index contributed by atoms with van der Waals surface area (Å²) < 4.78 is 5.51. The highest BCUT2D eigenvalue weighted by molar-refractivity contribution is 7.80. The van der Waals surface area contributed by atoms with E-state index in [4.69, 9.17) is 4.74 Å². The van der Waals surface area contributed by atoms with E-state index in [0.717, 1.165) is 25.5 Å². The van der Waals surface area contributed by atoms with Gasteiger partial charge in [-0.15, -0.1) is 0 Å². The standard InChI is InChI=1S/C10H17NOS/c1-8(7-13)4-11-9-2-3-10(11)6-12-5-9/h9-10,13H,1-7H2. The summed E-state index contributed by atoms with van der Waals surface area (Å²) in [6.45, 7) is 6.85. The summed E-state index contributed by atoms with van der Waals surface area (Å²) >= 11 is 4.24. The third-order valence-electron chi connectivity index (χ3n) is 3.02. The highest BCUT2D eigenvalue weighted by Gasteiger charge is 2.36. The Kier molecular flexibility index (Phi) is 2.96. The molecule has 0 aromatic carbocycles. The van der Waals surface area contributed by atoms with Gasteiger partial charge < -0.3 is 4.74 Å². The van der Waals surface area contributed by atoms with Crippen molar-refractivity contribution in [1.82, 2.24) is 4.90 Å². The number of rotatable bonds is 3. The van der Waals surface area contributed by atoms with E-state index in [1.54, 1.807) is 0 Å². The Hall–Kier alpha value is 0.01000. The number of morpholine rings is 1. The highest BCUT2D eigenvalue weighted by Crippen LogP contribution is 2.29. The van der Waals surface area contributed by atoms with Gasteiger partial charge in [-0.2, -0.15) is 12.6 Å².